The summed E-state index contributed by atoms with van der Waals surface area (Å²) in [5.41, 5.74) is 12.0. The lowest BCUT2D eigenvalue weighted by Crippen LogP contribution is -2.53. The molecule has 0 unspecified atom stereocenters. The highest BCUT2D eigenvalue weighted by Gasteiger charge is 2.47. The minimum atomic E-state index is 0.0981. The van der Waals surface area contributed by atoms with Crippen molar-refractivity contribution in [1.82, 2.24) is 19.7 Å². The van der Waals surface area contributed by atoms with Crippen molar-refractivity contribution in [3.8, 4) is 0 Å². The first-order valence-corrected chi connectivity index (χ1v) is 11.6. The number of aryl methyl sites for hydroxylation is 1. The number of rotatable bonds is 5. The van der Waals surface area contributed by atoms with Crippen molar-refractivity contribution >= 4 is 29.3 Å². The minimum absolute atomic E-state index is 0.0981. The third kappa shape index (κ3) is 3.49. The molecule has 0 atom stereocenters. The van der Waals surface area contributed by atoms with Crippen LogP contribution in [-0.4, -0.2) is 45.1 Å². The molecule has 3 aliphatic carbocycles. The maximum absolute atomic E-state index is 7.67. The van der Waals surface area contributed by atoms with Crippen molar-refractivity contribution < 1.29 is 0 Å². The van der Waals surface area contributed by atoms with Gasteiger partial charge in [0.1, 0.15) is 11.4 Å². The first-order chi connectivity index (χ1) is 14.9. The molecule has 0 amide bonds. The molecule has 3 fully saturated rings. The predicted octanol–water partition coefficient (Wildman–Crippen LogP) is 3.29. The molecule has 3 heterocycles. The van der Waals surface area contributed by atoms with E-state index in [0.717, 1.165) is 62.5 Å². The van der Waals surface area contributed by atoms with E-state index in [1.54, 1.807) is 0 Å². The molecule has 8 nitrogen and oxygen atoms in total. The van der Waals surface area contributed by atoms with Crippen molar-refractivity contribution in [2.75, 3.05) is 23.8 Å². The van der Waals surface area contributed by atoms with Crippen LogP contribution in [0.2, 0.25) is 5.28 Å². The monoisotopic (exact) mass is 442 g/mol. The van der Waals surface area contributed by atoms with Crippen molar-refractivity contribution in [3.63, 3.8) is 0 Å². The Balaban J connectivity index is 1.42. The van der Waals surface area contributed by atoms with Gasteiger partial charge in [0.2, 0.25) is 5.28 Å². The van der Waals surface area contributed by atoms with Gasteiger partial charge in [0, 0.05) is 56.1 Å². The van der Waals surface area contributed by atoms with Gasteiger partial charge in [-0.2, -0.15) is 10.1 Å². The smallest absolute Gasteiger partial charge is 0.225 e. The number of nitrogens with one attached hydrogen (secondary N) is 2. The topological polar surface area (TPSA) is 109 Å². The highest BCUT2D eigenvalue weighted by atomic mass is 35.5. The molecule has 2 aromatic rings. The van der Waals surface area contributed by atoms with E-state index in [1.807, 2.05) is 7.05 Å². The first kappa shape index (κ1) is 20.7. The van der Waals surface area contributed by atoms with Gasteiger partial charge in [-0.05, 0) is 62.5 Å². The second-order valence-corrected chi connectivity index (χ2v) is 10.0. The molecule has 4 aliphatic rings. The summed E-state index contributed by atoms with van der Waals surface area (Å²) in [6, 6.07) is 0. The summed E-state index contributed by atoms with van der Waals surface area (Å²) in [7, 11) is 1.82. The van der Waals surface area contributed by atoms with E-state index in [9.17, 15) is 0 Å². The molecule has 6 rings (SSSR count). The molecule has 2 bridgehead atoms. The molecule has 0 saturated heterocycles. The van der Waals surface area contributed by atoms with E-state index in [0.29, 0.717) is 11.1 Å². The molecule has 3 saturated carbocycles. The summed E-state index contributed by atoms with van der Waals surface area (Å²) in [6.45, 7) is 4.69. The number of nitrogens with zero attached hydrogens (tertiary/aromatic N) is 5. The van der Waals surface area contributed by atoms with Crippen LogP contribution >= 0.6 is 11.6 Å². The van der Waals surface area contributed by atoms with Gasteiger partial charge in [-0.25, -0.2) is 4.98 Å². The van der Waals surface area contributed by atoms with Gasteiger partial charge in [-0.15, -0.1) is 0 Å². The van der Waals surface area contributed by atoms with E-state index in [1.165, 1.54) is 36.7 Å². The van der Waals surface area contributed by atoms with Gasteiger partial charge in [0.25, 0.3) is 0 Å². The number of aromatic nitrogens is 4. The molecule has 2 aromatic heterocycles. The van der Waals surface area contributed by atoms with Crippen LogP contribution in [-0.2, 0) is 19.5 Å². The summed E-state index contributed by atoms with van der Waals surface area (Å²) in [6.07, 6.45) is 9.25. The summed E-state index contributed by atoms with van der Waals surface area (Å²) < 4.78 is 2.30. The van der Waals surface area contributed by atoms with E-state index >= 15 is 0 Å². The largest absolute Gasteiger partial charge is 0.383 e. The average molecular weight is 443 g/mol. The Morgan fingerprint density at radius 1 is 1.19 bits per heavy atom. The minimum Gasteiger partial charge on any atom is -0.383 e. The standard InChI is InChI=1S/C22H31ClN8/c1-14-15-12-30(19-18(26-2)16(11-24)27-20(23)28-19)10-3-17(15)31(29-14)13-21-4-7-22(25,8-5-21)9-6-21/h11,24,26H,3-10,12-13,25H2,1-2H3. The van der Waals surface area contributed by atoms with Gasteiger partial charge in [-0.3, -0.25) is 4.68 Å². The summed E-state index contributed by atoms with van der Waals surface area (Å²) >= 11 is 6.16. The number of anilines is 2. The van der Waals surface area contributed by atoms with Gasteiger partial charge in [-0.1, -0.05) is 0 Å². The van der Waals surface area contributed by atoms with Crippen molar-refractivity contribution in [2.45, 2.75) is 70.5 Å². The van der Waals surface area contributed by atoms with Gasteiger partial charge < -0.3 is 21.4 Å². The van der Waals surface area contributed by atoms with Crippen LogP contribution in [0.4, 0.5) is 11.5 Å². The third-order valence-electron chi connectivity index (χ3n) is 7.86. The Kier molecular flexibility index (Phi) is 4.97. The van der Waals surface area contributed by atoms with E-state index < -0.39 is 0 Å². The molecular weight excluding hydrogens is 412 g/mol. The molecule has 4 N–H and O–H groups in total. The summed E-state index contributed by atoms with van der Waals surface area (Å²) in [4.78, 5) is 10.9. The maximum Gasteiger partial charge on any atom is 0.225 e. The van der Waals surface area contributed by atoms with Crippen LogP contribution in [0, 0.1) is 17.7 Å². The molecule has 0 radical (unpaired) electrons. The molecular formula is C22H31ClN8. The zero-order chi connectivity index (χ0) is 21.8. The Bertz CT molecular complexity index is 1000. The SMILES string of the molecule is CNc1c(C=N)nc(Cl)nc1N1CCc2c(c(C)nn2CC23CCC(N)(CC2)CC3)C1. The predicted molar refractivity (Wildman–Crippen MR) is 123 cm³/mol. The van der Waals surface area contributed by atoms with Crippen molar-refractivity contribution in [1.29, 1.82) is 5.41 Å². The van der Waals surface area contributed by atoms with Crippen LogP contribution in [0.3, 0.4) is 0 Å². The van der Waals surface area contributed by atoms with Crippen LogP contribution < -0.4 is 16.0 Å². The van der Waals surface area contributed by atoms with E-state index in [2.05, 4.69) is 31.8 Å². The van der Waals surface area contributed by atoms with Gasteiger partial charge in [0.05, 0.1) is 5.69 Å². The lowest BCUT2D eigenvalue weighted by Gasteiger charge is -2.52. The van der Waals surface area contributed by atoms with Crippen LogP contribution in [0.1, 0.15) is 61.2 Å². The van der Waals surface area contributed by atoms with E-state index in [4.69, 9.17) is 27.8 Å². The molecule has 1 aliphatic heterocycles. The number of fused-ring (bicyclic) bond motifs is 4. The number of halogens is 1. The number of hydrogen-bond acceptors (Lipinski definition) is 7. The molecule has 31 heavy (non-hydrogen) atoms. The second kappa shape index (κ2) is 7.45. The number of nitrogens with two attached hydrogens (primary N) is 1. The van der Waals surface area contributed by atoms with Crippen LogP contribution in [0.5, 0.6) is 0 Å². The fraction of sp³-hybridized carbons (Fsp3) is 0.636. The molecule has 166 valence electrons. The highest BCUT2D eigenvalue weighted by Crippen LogP contribution is 2.52. The summed E-state index contributed by atoms with van der Waals surface area (Å²) in [5, 5.41) is 16.0. The zero-order valence-corrected chi connectivity index (χ0v) is 19.1. The molecule has 0 spiro atoms. The Labute approximate surface area is 188 Å². The highest BCUT2D eigenvalue weighted by molar-refractivity contribution is 6.28. The normalized spacial score (nSPS) is 27.3. The maximum atomic E-state index is 7.67. The second-order valence-electron chi connectivity index (χ2n) is 9.67. The molecule has 9 heteroatoms. The summed E-state index contributed by atoms with van der Waals surface area (Å²) in [5.74, 6) is 0.747. The van der Waals surface area contributed by atoms with Gasteiger partial charge in [0.15, 0.2) is 5.82 Å². The fourth-order valence-corrected chi connectivity index (χ4v) is 6.00. The van der Waals surface area contributed by atoms with E-state index in [-0.39, 0.29) is 10.8 Å². The van der Waals surface area contributed by atoms with Crippen LogP contribution in [0.25, 0.3) is 0 Å². The zero-order valence-electron chi connectivity index (χ0n) is 18.3. The average Bonchev–Trinajstić information content (AvgIpc) is 3.08. The lowest BCUT2D eigenvalue weighted by atomic mass is 9.57. The van der Waals surface area contributed by atoms with Crippen LogP contribution in [0.15, 0.2) is 0 Å². The van der Waals surface area contributed by atoms with Crippen molar-refractivity contribution in [3.05, 3.63) is 27.9 Å². The fourth-order valence-electron chi connectivity index (χ4n) is 5.83. The number of hydrogen-bond donors (Lipinski definition) is 3. The Hall–Kier alpha value is -2.19. The third-order valence-corrected chi connectivity index (χ3v) is 8.03. The Morgan fingerprint density at radius 2 is 1.90 bits per heavy atom. The van der Waals surface area contributed by atoms with Crippen molar-refractivity contribution in [2.24, 2.45) is 11.1 Å². The first-order valence-electron chi connectivity index (χ1n) is 11.2. The Morgan fingerprint density at radius 3 is 2.55 bits per heavy atom. The lowest BCUT2D eigenvalue weighted by molar-refractivity contribution is 0.0263. The quantitative estimate of drug-likeness (QED) is 0.484. The molecule has 0 aromatic carbocycles. The van der Waals surface area contributed by atoms with Gasteiger partial charge >= 0.3 is 0 Å².